The first-order valence-electron chi connectivity index (χ1n) is 10.5. The number of fused-ring (bicyclic) bond motifs is 2. The fraction of sp³-hybridized carbons (Fsp3) is 0.360. The number of aliphatic imine (C=N–C) groups is 1. The molecule has 2 heterocycles. The van der Waals surface area contributed by atoms with E-state index in [1.165, 1.54) is 12.8 Å². The molecule has 2 aliphatic rings. The van der Waals surface area contributed by atoms with E-state index in [4.69, 9.17) is 14.5 Å². The van der Waals surface area contributed by atoms with Gasteiger partial charge in [0.1, 0.15) is 23.3 Å². The summed E-state index contributed by atoms with van der Waals surface area (Å²) in [6.07, 6.45) is 4.63. The van der Waals surface area contributed by atoms with Crippen LogP contribution in [0.2, 0.25) is 0 Å². The molecular formula is C25H25N2O3Pt-. The summed E-state index contributed by atoms with van der Waals surface area (Å²) in [5.74, 6) is 1.72. The number of rotatable bonds is 3. The Morgan fingerprint density at radius 2 is 1.97 bits per heavy atom. The van der Waals surface area contributed by atoms with E-state index in [2.05, 4.69) is 24.9 Å². The topological polar surface area (TPSA) is 63.9 Å². The maximum atomic E-state index is 10.0. The van der Waals surface area contributed by atoms with Crippen LogP contribution in [0.1, 0.15) is 45.1 Å². The molecule has 2 atom stereocenters. The normalized spacial score (nSPS) is 21.9. The van der Waals surface area contributed by atoms with E-state index < -0.39 is 0 Å². The number of benzene rings is 2. The van der Waals surface area contributed by atoms with Gasteiger partial charge in [-0.25, -0.2) is 4.98 Å². The second-order valence-electron chi connectivity index (χ2n) is 8.95. The molecule has 1 fully saturated rings. The molecule has 0 bridgehead atoms. The van der Waals surface area contributed by atoms with Crippen LogP contribution in [0.5, 0.6) is 17.4 Å². The van der Waals surface area contributed by atoms with Crippen molar-refractivity contribution in [3.8, 4) is 17.4 Å². The van der Waals surface area contributed by atoms with E-state index in [0.29, 0.717) is 23.0 Å². The Bertz CT molecular complexity index is 1130. The minimum Gasteiger partial charge on any atom is -0.515 e. The van der Waals surface area contributed by atoms with Gasteiger partial charge in [-0.2, -0.15) is 0 Å². The molecule has 3 aromatic rings. The first kappa shape index (κ1) is 21.8. The number of para-hydroxylation sites is 1. The van der Waals surface area contributed by atoms with E-state index in [1.807, 2.05) is 30.3 Å². The van der Waals surface area contributed by atoms with Crippen LogP contribution in [0.4, 0.5) is 0 Å². The van der Waals surface area contributed by atoms with Gasteiger partial charge in [0.25, 0.3) is 0 Å². The van der Waals surface area contributed by atoms with Crippen molar-refractivity contribution in [3.05, 3.63) is 60.2 Å². The molecule has 0 radical (unpaired) electrons. The van der Waals surface area contributed by atoms with Crippen molar-refractivity contribution < 1.29 is 35.6 Å². The zero-order valence-electron chi connectivity index (χ0n) is 17.6. The summed E-state index contributed by atoms with van der Waals surface area (Å²) in [6, 6.07) is 18.1. The quantitative estimate of drug-likeness (QED) is 0.398. The largest absolute Gasteiger partial charge is 0.515 e. The Kier molecular flexibility index (Phi) is 6.07. The van der Waals surface area contributed by atoms with Gasteiger partial charge in [0.15, 0.2) is 0 Å². The molecule has 1 N–H and O–H groups in total. The second-order valence-corrected chi connectivity index (χ2v) is 8.95. The Balaban J connectivity index is 0.00000231. The van der Waals surface area contributed by atoms with Crippen LogP contribution < -0.4 is 4.74 Å². The van der Waals surface area contributed by atoms with Crippen LogP contribution in [-0.2, 0) is 25.8 Å². The molecule has 5 rings (SSSR count). The van der Waals surface area contributed by atoms with Crippen LogP contribution in [0.15, 0.2) is 53.5 Å². The first-order chi connectivity index (χ1) is 14.5. The maximum absolute atomic E-state index is 10.0. The molecule has 6 heteroatoms. The van der Waals surface area contributed by atoms with Gasteiger partial charge in [0.05, 0.1) is 6.04 Å². The second kappa shape index (κ2) is 8.62. The monoisotopic (exact) mass is 596 g/mol. The smallest absolute Gasteiger partial charge is 0.217 e. The summed E-state index contributed by atoms with van der Waals surface area (Å²) in [6.45, 7) is 4.62. The van der Waals surface area contributed by atoms with Crippen molar-refractivity contribution in [2.45, 2.75) is 51.7 Å². The number of hydrogen-bond donors (Lipinski definition) is 1. The zero-order chi connectivity index (χ0) is 20.7. The van der Waals surface area contributed by atoms with Crippen molar-refractivity contribution in [2.24, 2.45) is 10.4 Å². The van der Waals surface area contributed by atoms with Gasteiger partial charge in [-0.15, -0.1) is 18.2 Å². The summed E-state index contributed by atoms with van der Waals surface area (Å²) in [7, 11) is 0. The maximum Gasteiger partial charge on any atom is 0.217 e. The molecule has 1 aliphatic carbocycles. The molecule has 1 aromatic heterocycles. The summed E-state index contributed by atoms with van der Waals surface area (Å²) in [5.41, 5.74) is 1.59. The van der Waals surface area contributed by atoms with Crippen LogP contribution in [0.3, 0.4) is 0 Å². The standard InChI is InChI=1S/C25H25N2O3.Pt/c1-25(2)13-5-9-19-21(15-25)30-24(26-19)17-7-3-8-18(14-17)29-22-12-11-16-6-4-10-20(28)23(16)27-22;/h3-4,6-8,10-12,19,21,28H,5,9,13,15H2,1-2H3;/q-1;/t19-,21-;/m0./s1. The molecule has 31 heavy (non-hydrogen) atoms. The molecule has 0 amide bonds. The van der Waals surface area contributed by atoms with Crippen molar-refractivity contribution >= 4 is 16.8 Å². The van der Waals surface area contributed by atoms with Gasteiger partial charge in [-0.1, -0.05) is 44.0 Å². The van der Waals surface area contributed by atoms with Crippen molar-refractivity contribution in [1.82, 2.24) is 4.98 Å². The molecule has 0 unspecified atom stereocenters. The predicted octanol–water partition coefficient (Wildman–Crippen LogP) is 5.64. The zero-order valence-corrected chi connectivity index (χ0v) is 19.8. The van der Waals surface area contributed by atoms with Crippen LogP contribution >= 0.6 is 0 Å². The molecule has 2 aromatic carbocycles. The van der Waals surface area contributed by atoms with Crippen molar-refractivity contribution in [2.75, 3.05) is 0 Å². The van der Waals surface area contributed by atoms with Crippen molar-refractivity contribution in [3.63, 3.8) is 0 Å². The third-order valence-electron chi connectivity index (χ3n) is 5.97. The minimum atomic E-state index is 0. The third-order valence-corrected chi connectivity index (χ3v) is 5.97. The van der Waals surface area contributed by atoms with Gasteiger partial charge in [0, 0.05) is 38.3 Å². The summed E-state index contributed by atoms with van der Waals surface area (Å²) in [5, 5.41) is 10.9. The number of pyridine rings is 1. The summed E-state index contributed by atoms with van der Waals surface area (Å²) >= 11 is 0. The Hall–Kier alpha value is -2.39. The van der Waals surface area contributed by atoms with Gasteiger partial charge < -0.3 is 14.6 Å². The fourth-order valence-corrected chi connectivity index (χ4v) is 4.40. The van der Waals surface area contributed by atoms with E-state index in [1.54, 1.807) is 18.2 Å². The third kappa shape index (κ3) is 4.62. The molecule has 1 aliphatic heterocycles. The fourth-order valence-electron chi connectivity index (χ4n) is 4.40. The number of aromatic hydroxyl groups is 1. The molecular weight excluding hydrogens is 571 g/mol. The van der Waals surface area contributed by atoms with E-state index in [0.717, 1.165) is 23.8 Å². The number of phenolic OH excluding ortho intramolecular Hbond substituents is 1. The summed E-state index contributed by atoms with van der Waals surface area (Å²) in [4.78, 5) is 9.29. The number of hydrogen-bond acceptors (Lipinski definition) is 5. The molecule has 1 saturated carbocycles. The van der Waals surface area contributed by atoms with Crippen LogP contribution in [0, 0.1) is 11.5 Å². The number of nitrogens with zero attached hydrogens (tertiary/aromatic N) is 2. The Labute approximate surface area is 196 Å². The van der Waals surface area contributed by atoms with Gasteiger partial charge >= 0.3 is 0 Å². The molecule has 5 nitrogen and oxygen atoms in total. The van der Waals surface area contributed by atoms with Gasteiger partial charge in [-0.3, -0.25) is 4.99 Å². The minimum absolute atomic E-state index is 0. The molecule has 0 spiro atoms. The average Bonchev–Trinajstić information content (AvgIpc) is 3.04. The molecule has 0 saturated heterocycles. The predicted molar refractivity (Wildman–Crippen MR) is 116 cm³/mol. The first-order valence-corrected chi connectivity index (χ1v) is 10.5. The van der Waals surface area contributed by atoms with Crippen LogP contribution in [0.25, 0.3) is 10.9 Å². The van der Waals surface area contributed by atoms with E-state index in [9.17, 15) is 5.11 Å². The number of aromatic nitrogens is 1. The number of ether oxygens (including phenoxy) is 2. The van der Waals surface area contributed by atoms with Gasteiger partial charge in [0.2, 0.25) is 5.88 Å². The van der Waals surface area contributed by atoms with E-state index >= 15 is 0 Å². The Morgan fingerprint density at radius 1 is 1.13 bits per heavy atom. The Morgan fingerprint density at radius 3 is 2.84 bits per heavy atom. The number of phenols is 1. The SMILES string of the molecule is CC1(C)CCC[C@@H]2N=C(c3[c-]c(Oc4ccc5cccc(O)c5n4)ccc3)O[C@H]2C1.[Pt]. The van der Waals surface area contributed by atoms with E-state index in [-0.39, 0.29) is 44.4 Å². The van der Waals surface area contributed by atoms with Crippen molar-refractivity contribution in [1.29, 1.82) is 0 Å². The van der Waals surface area contributed by atoms with Crippen LogP contribution in [-0.4, -0.2) is 28.1 Å². The summed E-state index contributed by atoms with van der Waals surface area (Å²) < 4.78 is 12.2. The molecule has 164 valence electrons. The van der Waals surface area contributed by atoms with Gasteiger partial charge in [-0.05, 0) is 36.8 Å². The average molecular weight is 597 g/mol.